The van der Waals surface area contributed by atoms with Gasteiger partial charge in [0.25, 0.3) is 0 Å². The molecule has 1 unspecified atom stereocenters. The molecule has 3 aromatic heterocycles. The second kappa shape index (κ2) is 6.66. The number of nitrogens with one attached hydrogen (secondary N) is 1. The summed E-state index contributed by atoms with van der Waals surface area (Å²) >= 11 is 0. The number of halogens is 1. The van der Waals surface area contributed by atoms with E-state index in [0.29, 0.717) is 12.2 Å². The summed E-state index contributed by atoms with van der Waals surface area (Å²) in [5, 5.41) is 12.0. The molecule has 0 saturated heterocycles. The Morgan fingerprint density at radius 2 is 2.00 bits per heavy atom. The SMILES string of the molecule is Cn1nc(-c2cccnc2)c2c1NC(=O)CC2c1cnn(-c2ccc(F)cc2)c1. The summed E-state index contributed by atoms with van der Waals surface area (Å²) in [4.78, 5) is 16.6. The third-order valence-electron chi connectivity index (χ3n) is 5.11. The number of benzene rings is 1. The van der Waals surface area contributed by atoms with E-state index >= 15 is 0 Å². The minimum Gasteiger partial charge on any atom is -0.311 e. The molecular weight excluding hydrogens is 371 g/mol. The van der Waals surface area contributed by atoms with E-state index in [2.05, 4.69) is 20.5 Å². The normalized spacial score (nSPS) is 15.8. The van der Waals surface area contributed by atoms with Crippen molar-refractivity contribution < 1.29 is 9.18 Å². The van der Waals surface area contributed by atoms with Gasteiger partial charge >= 0.3 is 0 Å². The Kier molecular flexibility index (Phi) is 3.97. The average Bonchev–Trinajstić information content (AvgIpc) is 3.34. The van der Waals surface area contributed by atoms with Crippen molar-refractivity contribution in [2.45, 2.75) is 12.3 Å². The van der Waals surface area contributed by atoms with E-state index < -0.39 is 0 Å². The minimum absolute atomic E-state index is 0.0715. The van der Waals surface area contributed by atoms with Gasteiger partial charge in [-0.25, -0.2) is 9.07 Å². The lowest BCUT2D eigenvalue weighted by atomic mass is 9.86. The molecule has 144 valence electrons. The Bertz CT molecular complexity index is 1200. The highest BCUT2D eigenvalue weighted by atomic mass is 19.1. The van der Waals surface area contributed by atoms with Crippen LogP contribution in [0.5, 0.6) is 0 Å². The van der Waals surface area contributed by atoms with E-state index in [9.17, 15) is 9.18 Å². The highest BCUT2D eigenvalue weighted by Gasteiger charge is 2.34. The first kappa shape index (κ1) is 17.3. The number of hydrogen-bond acceptors (Lipinski definition) is 4. The molecule has 0 aliphatic carbocycles. The fourth-order valence-electron chi connectivity index (χ4n) is 3.74. The molecule has 1 aromatic carbocycles. The largest absolute Gasteiger partial charge is 0.311 e. The lowest BCUT2D eigenvalue weighted by Crippen LogP contribution is -2.24. The third kappa shape index (κ3) is 2.98. The van der Waals surface area contributed by atoms with Crippen LogP contribution in [0.25, 0.3) is 16.9 Å². The monoisotopic (exact) mass is 388 g/mol. The van der Waals surface area contributed by atoms with E-state index in [0.717, 1.165) is 28.1 Å². The van der Waals surface area contributed by atoms with Crippen LogP contribution in [0, 0.1) is 5.82 Å². The first-order valence-corrected chi connectivity index (χ1v) is 9.18. The lowest BCUT2D eigenvalue weighted by Gasteiger charge is -2.23. The van der Waals surface area contributed by atoms with Gasteiger partial charge in [-0.2, -0.15) is 10.2 Å². The van der Waals surface area contributed by atoms with Crippen LogP contribution in [0.15, 0.2) is 61.2 Å². The zero-order chi connectivity index (χ0) is 20.0. The summed E-state index contributed by atoms with van der Waals surface area (Å²) in [6, 6.07) is 9.92. The molecule has 0 fully saturated rings. The predicted molar refractivity (Wildman–Crippen MR) is 105 cm³/mol. The van der Waals surface area contributed by atoms with Crippen LogP contribution in [-0.4, -0.2) is 30.5 Å². The van der Waals surface area contributed by atoms with Crippen LogP contribution in [-0.2, 0) is 11.8 Å². The molecule has 1 aliphatic heterocycles. The van der Waals surface area contributed by atoms with Crippen molar-refractivity contribution in [2.75, 3.05) is 5.32 Å². The number of pyridine rings is 1. The first-order valence-electron chi connectivity index (χ1n) is 9.18. The summed E-state index contributed by atoms with van der Waals surface area (Å²) in [5.41, 5.74) is 4.26. The Hall–Kier alpha value is -3.81. The maximum Gasteiger partial charge on any atom is 0.226 e. The molecule has 8 heteroatoms. The van der Waals surface area contributed by atoms with E-state index in [1.807, 2.05) is 25.4 Å². The average molecular weight is 388 g/mol. The number of aromatic nitrogens is 5. The number of hydrogen-bond donors (Lipinski definition) is 1. The second-order valence-corrected chi connectivity index (χ2v) is 6.98. The quantitative estimate of drug-likeness (QED) is 0.584. The van der Waals surface area contributed by atoms with Gasteiger partial charge in [0.1, 0.15) is 11.6 Å². The van der Waals surface area contributed by atoms with Crippen molar-refractivity contribution in [3.63, 3.8) is 0 Å². The molecule has 0 bridgehead atoms. The fourth-order valence-corrected chi connectivity index (χ4v) is 3.74. The lowest BCUT2D eigenvalue weighted by molar-refractivity contribution is -0.116. The van der Waals surface area contributed by atoms with Gasteiger partial charge < -0.3 is 5.32 Å². The van der Waals surface area contributed by atoms with Crippen LogP contribution in [0.2, 0.25) is 0 Å². The molecule has 7 nitrogen and oxygen atoms in total. The molecule has 5 rings (SSSR count). The van der Waals surface area contributed by atoms with Gasteiger partial charge in [0.05, 0.1) is 17.6 Å². The third-order valence-corrected chi connectivity index (χ3v) is 5.11. The standard InChI is InChI=1S/C21H17FN6O/c1-27-21-19(20(26-27)13-3-2-8-23-10-13)17(9-18(29)25-21)14-11-24-28(12-14)16-6-4-15(22)5-7-16/h2-8,10-12,17H,9H2,1H3,(H,25,29). The smallest absolute Gasteiger partial charge is 0.226 e. The van der Waals surface area contributed by atoms with Crippen molar-refractivity contribution >= 4 is 11.7 Å². The van der Waals surface area contributed by atoms with Gasteiger partial charge in [0.2, 0.25) is 5.91 Å². The number of anilines is 1. The van der Waals surface area contributed by atoms with E-state index in [-0.39, 0.29) is 17.6 Å². The highest BCUT2D eigenvalue weighted by Crippen LogP contribution is 2.42. The van der Waals surface area contributed by atoms with Gasteiger partial charge in [-0.15, -0.1) is 0 Å². The summed E-state index contributed by atoms with van der Waals surface area (Å²) in [7, 11) is 1.81. The number of aryl methyl sites for hydroxylation is 1. The minimum atomic E-state index is -0.300. The fraction of sp³-hybridized carbons (Fsp3) is 0.143. The van der Waals surface area contributed by atoms with E-state index in [1.54, 1.807) is 40.1 Å². The Morgan fingerprint density at radius 3 is 2.76 bits per heavy atom. The van der Waals surface area contributed by atoms with Crippen molar-refractivity contribution in [2.24, 2.45) is 7.05 Å². The molecule has 1 atom stereocenters. The number of rotatable bonds is 3. The summed E-state index contributed by atoms with van der Waals surface area (Å²) in [5.74, 6) is 0.112. The maximum atomic E-state index is 13.2. The zero-order valence-corrected chi connectivity index (χ0v) is 15.6. The van der Waals surface area contributed by atoms with Crippen molar-refractivity contribution in [3.05, 3.63) is 78.1 Å². The molecule has 0 spiro atoms. The van der Waals surface area contributed by atoms with Gasteiger partial charge in [0, 0.05) is 49.1 Å². The van der Waals surface area contributed by atoms with Crippen molar-refractivity contribution in [1.82, 2.24) is 24.5 Å². The molecule has 4 heterocycles. The number of fused-ring (bicyclic) bond motifs is 1. The summed E-state index contributed by atoms with van der Waals surface area (Å²) < 4.78 is 16.6. The van der Waals surface area contributed by atoms with Gasteiger partial charge in [-0.3, -0.25) is 14.5 Å². The summed E-state index contributed by atoms with van der Waals surface area (Å²) in [6.07, 6.45) is 7.39. The Balaban J connectivity index is 1.61. The first-order chi connectivity index (χ1) is 14.1. The maximum absolute atomic E-state index is 13.2. The molecule has 4 aromatic rings. The highest BCUT2D eigenvalue weighted by molar-refractivity contribution is 5.96. The zero-order valence-electron chi connectivity index (χ0n) is 15.6. The van der Waals surface area contributed by atoms with Crippen LogP contribution in [0.1, 0.15) is 23.5 Å². The van der Waals surface area contributed by atoms with E-state index in [4.69, 9.17) is 0 Å². The number of nitrogens with zero attached hydrogens (tertiary/aromatic N) is 5. The molecule has 1 N–H and O–H groups in total. The Labute approximate surface area is 165 Å². The molecule has 1 aliphatic rings. The number of carbonyl (C=O) groups is 1. The van der Waals surface area contributed by atoms with Crippen molar-refractivity contribution in [1.29, 1.82) is 0 Å². The van der Waals surface area contributed by atoms with Gasteiger partial charge in [0.15, 0.2) is 0 Å². The topological polar surface area (TPSA) is 77.6 Å². The van der Waals surface area contributed by atoms with Crippen LogP contribution >= 0.6 is 0 Å². The Morgan fingerprint density at radius 1 is 1.17 bits per heavy atom. The molecule has 1 amide bonds. The molecule has 29 heavy (non-hydrogen) atoms. The van der Waals surface area contributed by atoms with Crippen molar-refractivity contribution in [3.8, 4) is 16.9 Å². The second-order valence-electron chi connectivity index (χ2n) is 6.98. The van der Waals surface area contributed by atoms with Crippen LogP contribution in [0.4, 0.5) is 10.2 Å². The molecule has 0 saturated carbocycles. The van der Waals surface area contributed by atoms with Gasteiger partial charge in [-0.05, 0) is 42.0 Å². The van der Waals surface area contributed by atoms with Crippen LogP contribution < -0.4 is 5.32 Å². The number of amides is 1. The molecular formula is C21H17FN6O. The number of carbonyl (C=O) groups excluding carboxylic acids is 1. The van der Waals surface area contributed by atoms with Crippen LogP contribution in [0.3, 0.4) is 0 Å². The van der Waals surface area contributed by atoms with E-state index in [1.165, 1.54) is 12.1 Å². The predicted octanol–water partition coefficient (Wildman–Crippen LogP) is 3.28. The summed E-state index contributed by atoms with van der Waals surface area (Å²) in [6.45, 7) is 0. The molecule has 0 radical (unpaired) electrons. The van der Waals surface area contributed by atoms with Gasteiger partial charge in [-0.1, -0.05) is 0 Å².